The van der Waals surface area contributed by atoms with E-state index in [9.17, 15) is 4.79 Å². The summed E-state index contributed by atoms with van der Waals surface area (Å²) in [6.45, 7) is 6.52. The van der Waals surface area contributed by atoms with E-state index in [-0.39, 0.29) is 18.6 Å². The van der Waals surface area contributed by atoms with E-state index in [2.05, 4.69) is 17.2 Å². The smallest absolute Gasteiger partial charge is 0.257 e. The maximum Gasteiger partial charge on any atom is 0.257 e. The van der Waals surface area contributed by atoms with Crippen LogP contribution in [-0.2, 0) is 0 Å². The summed E-state index contributed by atoms with van der Waals surface area (Å²) in [6.07, 6.45) is 2.58. The summed E-state index contributed by atoms with van der Waals surface area (Å²) < 4.78 is 0. The number of anilines is 1. The zero-order chi connectivity index (χ0) is 14.4. The molecule has 1 amide bonds. The molecule has 0 aliphatic carbocycles. The second kappa shape index (κ2) is 7.09. The molecule has 1 aromatic heterocycles. The van der Waals surface area contributed by atoms with Crippen molar-refractivity contribution >= 4 is 11.6 Å². The first-order valence-electron chi connectivity index (χ1n) is 6.59. The van der Waals surface area contributed by atoms with Gasteiger partial charge in [-0.25, -0.2) is 0 Å². The molecule has 0 aliphatic heterocycles. The van der Waals surface area contributed by atoms with E-state index in [0.29, 0.717) is 5.56 Å². The largest absolute Gasteiger partial charge is 0.394 e. The van der Waals surface area contributed by atoms with Crippen molar-refractivity contribution in [3.8, 4) is 0 Å². The fraction of sp³-hybridized carbons (Fsp3) is 0.571. The number of pyridine rings is 1. The van der Waals surface area contributed by atoms with Gasteiger partial charge in [0.15, 0.2) is 0 Å². The molecule has 1 atom stereocenters. The molecule has 0 radical (unpaired) electrons. The minimum atomic E-state index is -0.215. The van der Waals surface area contributed by atoms with Gasteiger partial charge >= 0.3 is 0 Å². The van der Waals surface area contributed by atoms with Gasteiger partial charge in [-0.2, -0.15) is 0 Å². The molecule has 0 fully saturated rings. The molecule has 106 valence electrons. The first-order chi connectivity index (χ1) is 9.01. The number of hydrogen-bond acceptors (Lipinski definition) is 4. The maximum atomic E-state index is 12.4. The van der Waals surface area contributed by atoms with Crippen LogP contribution < -0.4 is 5.32 Å². The number of nitrogens with zero attached hydrogens (tertiary/aromatic N) is 2. The van der Waals surface area contributed by atoms with E-state index in [4.69, 9.17) is 5.11 Å². The lowest BCUT2D eigenvalue weighted by molar-refractivity contribution is 0.0682. The normalized spacial score (nSPS) is 12.1. The maximum absolute atomic E-state index is 12.4. The SMILES string of the molecule is CCCNc1cc(C)ncc1C(=O)N(C)C(C)CO. The topological polar surface area (TPSA) is 65.5 Å². The van der Waals surface area contributed by atoms with Crippen molar-refractivity contribution in [2.24, 2.45) is 0 Å². The predicted octanol–water partition coefficient (Wildman–Crippen LogP) is 1.66. The summed E-state index contributed by atoms with van der Waals surface area (Å²) in [4.78, 5) is 18.1. The highest BCUT2D eigenvalue weighted by molar-refractivity contribution is 5.99. The van der Waals surface area contributed by atoms with E-state index < -0.39 is 0 Å². The Hall–Kier alpha value is -1.62. The zero-order valence-electron chi connectivity index (χ0n) is 12.1. The summed E-state index contributed by atoms with van der Waals surface area (Å²) >= 11 is 0. The summed E-state index contributed by atoms with van der Waals surface area (Å²) in [5.74, 6) is -0.132. The van der Waals surface area contributed by atoms with Crippen molar-refractivity contribution in [1.29, 1.82) is 0 Å². The number of hydrogen-bond donors (Lipinski definition) is 2. The van der Waals surface area contributed by atoms with E-state index in [1.807, 2.05) is 13.0 Å². The van der Waals surface area contributed by atoms with Crippen molar-refractivity contribution in [1.82, 2.24) is 9.88 Å². The molecule has 0 spiro atoms. The monoisotopic (exact) mass is 265 g/mol. The molecular weight excluding hydrogens is 242 g/mol. The molecule has 0 aliphatic rings. The minimum absolute atomic E-state index is 0.0563. The second-order valence-corrected chi connectivity index (χ2v) is 4.75. The van der Waals surface area contributed by atoms with E-state index >= 15 is 0 Å². The van der Waals surface area contributed by atoms with Crippen LogP contribution in [0.3, 0.4) is 0 Å². The molecular formula is C14H23N3O2. The Morgan fingerprint density at radius 1 is 1.58 bits per heavy atom. The van der Waals surface area contributed by atoms with Gasteiger partial charge in [-0.05, 0) is 26.3 Å². The molecule has 5 nitrogen and oxygen atoms in total. The molecule has 0 saturated carbocycles. The lowest BCUT2D eigenvalue weighted by atomic mass is 10.1. The summed E-state index contributed by atoms with van der Waals surface area (Å²) in [5.41, 5.74) is 2.21. The molecule has 1 heterocycles. The van der Waals surface area contributed by atoms with Crippen LogP contribution in [0, 0.1) is 6.92 Å². The Balaban J connectivity index is 3.01. The number of aryl methyl sites for hydroxylation is 1. The average Bonchev–Trinajstić information content (AvgIpc) is 2.42. The number of carbonyl (C=O) groups is 1. The third-order valence-corrected chi connectivity index (χ3v) is 3.08. The van der Waals surface area contributed by atoms with Crippen molar-refractivity contribution in [2.45, 2.75) is 33.2 Å². The van der Waals surface area contributed by atoms with Gasteiger partial charge in [-0.3, -0.25) is 9.78 Å². The van der Waals surface area contributed by atoms with E-state index in [1.54, 1.807) is 20.2 Å². The summed E-state index contributed by atoms with van der Waals surface area (Å²) in [5, 5.41) is 12.4. The minimum Gasteiger partial charge on any atom is -0.394 e. The number of nitrogens with one attached hydrogen (secondary N) is 1. The fourth-order valence-corrected chi connectivity index (χ4v) is 1.65. The number of aliphatic hydroxyl groups excluding tert-OH is 1. The molecule has 5 heteroatoms. The molecule has 19 heavy (non-hydrogen) atoms. The average molecular weight is 265 g/mol. The van der Waals surface area contributed by atoms with Gasteiger partial charge in [0.1, 0.15) is 0 Å². The number of aromatic nitrogens is 1. The quantitative estimate of drug-likeness (QED) is 0.821. The number of likely N-dealkylation sites (N-methyl/N-ethyl adjacent to an activating group) is 1. The fourth-order valence-electron chi connectivity index (χ4n) is 1.65. The number of amides is 1. The molecule has 0 aromatic carbocycles. The Kier molecular flexibility index (Phi) is 5.76. The van der Waals surface area contributed by atoms with Crippen LogP contribution in [-0.4, -0.2) is 47.1 Å². The van der Waals surface area contributed by atoms with Gasteiger partial charge in [0, 0.05) is 25.5 Å². The lowest BCUT2D eigenvalue weighted by Gasteiger charge is -2.24. The molecule has 1 unspecified atom stereocenters. The Labute approximate surface area is 114 Å². The van der Waals surface area contributed by atoms with E-state index in [1.165, 1.54) is 4.90 Å². The Morgan fingerprint density at radius 3 is 2.84 bits per heavy atom. The molecule has 2 N–H and O–H groups in total. The van der Waals surface area contributed by atoms with Gasteiger partial charge in [-0.1, -0.05) is 6.92 Å². The van der Waals surface area contributed by atoms with Crippen molar-refractivity contribution in [2.75, 3.05) is 25.5 Å². The molecule has 1 rings (SSSR count). The van der Waals surface area contributed by atoms with Crippen molar-refractivity contribution < 1.29 is 9.90 Å². The molecule has 1 aromatic rings. The van der Waals surface area contributed by atoms with Crippen molar-refractivity contribution in [3.05, 3.63) is 23.5 Å². The van der Waals surface area contributed by atoms with Crippen molar-refractivity contribution in [3.63, 3.8) is 0 Å². The van der Waals surface area contributed by atoms with Gasteiger partial charge < -0.3 is 15.3 Å². The van der Waals surface area contributed by atoms with Gasteiger partial charge in [0.25, 0.3) is 5.91 Å². The highest BCUT2D eigenvalue weighted by Crippen LogP contribution is 2.18. The summed E-state index contributed by atoms with van der Waals surface area (Å²) in [6, 6.07) is 1.66. The Bertz CT molecular complexity index is 435. The highest BCUT2D eigenvalue weighted by Gasteiger charge is 2.20. The molecule has 0 saturated heterocycles. The van der Waals surface area contributed by atoms with Crippen LogP contribution in [0.5, 0.6) is 0 Å². The second-order valence-electron chi connectivity index (χ2n) is 4.75. The first kappa shape index (κ1) is 15.4. The number of rotatable bonds is 6. The van der Waals surface area contributed by atoms with E-state index in [0.717, 1.165) is 24.3 Å². The van der Waals surface area contributed by atoms with Crippen LogP contribution in [0.4, 0.5) is 5.69 Å². The van der Waals surface area contributed by atoms with Gasteiger partial charge in [-0.15, -0.1) is 0 Å². The third kappa shape index (κ3) is 3.92. The van der Waals surface area contributed by atoms with Crippen LogP contribution in [0.1, 0.15) is 36.3 Å². The third-order valence-electron chi connectivity index (χ3n) is 3.08. The van der Waals surface area contributed by atoms with Crippen LogP contribution in [0.15, 0.2) is 12.3 Å². The number of aliphatic hydroxyl groups is 1. The van der Waals surface area contributed by atoms with Gasteiger partial charge in [0.2, 0.25) is 0 Å². The zero-order valence-corrected chi connectivity index (χ0v) is 12.1. The molecule has 0 bridgehead atoms. The highest BCUT2D eigenvalue weighted by atomic mass is 16.3. The first-order valence-corrected chi connectivity index (χ1v) is 6.59. The number of carbonyl (C=O) groups excluding carboxylic acids is 1. The lowest BCUT2D eigenvalue weighted by Crippen LogP contribution is -2.37. The van der Waals surface area contributed by atoms with Gasteiger partial charge in [0.05, 0.1) is 23.9 Å². The van der Waals surface area contributed by atoms with Crippen LogP contribution >= 0.6 is 0 Å². The van der Waals surface area contributed by atoms with Crippen LogP contribution in [0.25, 0.3) is 0 Å². The Morgan fingerprint density at radius 2 is 2.26 bits per heavy atom. The van der Waals surface area contributed by atoms with Crippen LogP contribution in [0.2, 0.25) is 0 Å². The summed E-state index contributed by atoms with van der Waals surface area (Å²) in [7, 11) is 1.69. The standard InChI is InChI=1S/C14H23N3O2/c1-5-6-15-13-7-10(2)16-8-12(13)14(19)17(4)11(3)9-18/h7-8,11,18H,5-6,9H2,1-4H3,(H,15,16). The predicted molar refractivity (Wildman–Crippen MR) is 76.4 cm³/mol.